The number of carbonyl (C=O) groups is 2. The molecule has 1 spiro atoms. The Balaban J connectivity index is 0.00000182. The van der Waals surface area contributed by atoms with Crippen molar-refractivity contribution < 1.29 is 9.59 Å². The summed E-state index contributed by atoms with van der Waals surface area (Å²) in [6.45, 7) is 3.64. The average molecular weight is 417 g/mol. The van der Waals surface area contributed by atoms with Crippen LogP contribution in [0.5, 0.6) is 0 Å². The van der Waals surface area contributed by atoms with Crippen LogP contribution in [0.4, 0.5) is 0 Å². The molecule has 3 heterocycles. The van der Waals surface area contributed by atoms with E-state index < -0.39 is 0 Å². The van der Waals surface area contributed by atoms with Gasteiger partial charge in [-0.2, -0.15) is 0 Å². The third-order valence-corrected chi connectivity index (χ3v) is 5.67. The van der Waals surface area contributed by atoms with Crippen molar-refractivity contribution in [3.05, 3.63) is 30.1 Å². The molecule has 1 aromatic rings. The summed E-state index contributed by atoms with van der Waals surface area (Å²) in [6, 6.07) is 4.02. The van der Waals surface area contributed by atoms with Crippen LogP contribution in [0.1, 0.15) is 31.2 Å². The van der Waals surface area contributed by atoms with Crippen LogP contribution < -0.4 is 5.32 Å². The molecule has 6 nitrogen and oxygen atoms in total. The van der Waals surface area contributed by atoms with Crippen molar-refractivity contribution in [2.45, 2.75) is 32.1 Å². The molecule has 3 rings (SSSR count). The summed E-state index contributed by atoms with van der Waals surface area (Å²) < 4.78 is 0. The molecule has 2 fully saturated rings. The number of halogens is 2. The van der Waals surface area contributed by atoms with Crippen molar-refractivity contribution in [1.82, 2.24) is 20.1 Å². The van der Waals surface area contributed by atoms with Crippen LogP contribution in [0.3, 0.4) is 0 Å². The number of carbonyl (C=O) groups excluding carboxylic acids is 2. The zero-order chi connectivity index (χ0) is 17.7. The number of hydrogen-bond acceptors (Lipinski definition) is 4. The van der Waals surface area contributed by atoms with E-state index in [-0.39, 0.29) is 42.0 Å². The van der Waals surface area contributed by atoms with Crippen LogP contribution in [-0.4, -0.2) is 66.4 Å². The molecule has 0 atom stereocenters. The minimum Gasteiger partial charge on any atom is -0.342 e. The van der Waals surface area contributed by atoms with Gasteiger partial charge in [-0.3, -0.25) is 14.6 Å². The van der Waals surface area contributed by atoms with E-state index in [1.165, 1.54) is 5.56 Å². The number of amides is 2. The maximum absolute atomic E-state index is 12.3. The van der Waals surface area contributed by atoms with Gasteiger partial charge in [-0.25, -0.2) is 0 Å². The number of rotatable bonds is 5. The summed E-state index contributed by atoms with van der Waals surface area (Å²) in [7, 11) is 1.80. The molecule has 2 saturated heterocycles. The minimum absolute atomic E-state index is 0. The Hall–Kier alpha value is -1.37. The normalized spacial score (nSPS) is 18.6. The van der Waals surface area contributed by atoms with Gasteiger partial charge in [-0.1, -0.05) is 0 Å². The lowest BCUT2D eigenvalue weighted by Gasteiger charge is -2.47. The number of hydrogen-bond donors (Lipinski definition) is 1. The van der Waals surface area contributed by atoms with Crippen molar-refractivity contribution in [2.24, 2.45) is 5.41 Å². The van der Waals surface area contributed by atoms with Gasteiger partial charge in [0.25, 0.3) is 0 Å². The number of likely N-dealkylation sites (tertiary alicyclic amines) is 2. The van der Waals surface area contributed by atoms with E-state index in [1.807, 2.05) is 21.9 Å². The molecule has 0 aliphatic carbocycles. The molecular weight excluding hydrogens is 387 g/mol. The zero-order valence-corrected chi connectivity index (χ0v) is 17.5. The number of piperidine rings is 2. The second-order valence-electron chi connectivity index (χ2n) is 7.33. The van der Waals surface area contributed by atoms with E-state index in [9.17, 15) is 9.59 Å². The topological polar surface area (TPSA) is 65.5 Å². The summed E-state index contributed by atoms with van der Waals surface area (Å²) in [5.74, 6) is 0.451. The Morgan fingerprint density at radius 2 is 1.85 bits per heavy atom. The van der Waals surface area contributed by atoms with Gasteiger partial charge >= 0.3 is 0 Å². The first-order valence-electron chi connectivity index (χ1n) is 9.21. The van der Waals surface area contributed by atoms with Gasteiger partial charge < -0.3 is 15.1 Å². The third kappa shape index (κ3) is 6.06. The first-order chi connectivity index (χ1) is 12.1. The number of nitrogens with zero attached hydrogens (tertiary/aromatic N) is 3. The summed E-state index contributed by atoms with van der Waals surface area (Å²) in [6.07, 6.45) is 8.08. The second kappa shape index (κ2) is 10.8. The van der Waals surface area contributed by atoms with Gasteiger partial charge in [0, 0.05) is 45.0 Å². The minimum atomic E-state index is 0. The molecule has 0 radical (unpaired) electrons. The van der Waals surface area contributed by atoms with Crippen LogP contribution in [0, 0.1) is 5.41 Å². The smallest absolute Gasteiger partial charge is 0.236 e. The van der Waals surface area contributed by atoms with Crippen molar-refractivity contribution in [2.75, 3.05) is 39.8 Å². The van der Waals surface area contributed by atoms with E-state index in [4.69, 9.17) is 0 Å². The Morgan fingerprint density at radius 3 is 2.48 bits per heavy atom. The first-order valence-corrected chi connectivity index (χ1v) is 9.21. The molecule has 0 saturated carbocycles. The highest BCUT2D eigenvalue weighted by atomic mass is 35.5. The lowest BCUT2D eigenvalue weighted by Crippen LogP contribution is -2.53. The maximum Gasteiger partial charge on any atom is 0.236 e. The lowest BCUT2D eigenvalue weighted by atomic mass is 9.72. The number of nitrogens with one attached hydrogen (secondary N) is 1. The van der Waals surface area contributed by atoms with Crippen LogP contribution in [0.2, 0.25) is 0 Å². The quantitative estimate of drug-likeness (QED) is 0.795. The standard InChI is InChI=1S/C19H28N4O2.2ClH/c1-20-14-18(25)22-12-7-19(8-13-22)6-2-17(24)23(15-19)11-5-16-3-9-21-10-4-16;;/h3-4,9-10,20H,2,5-8,11-15H2,1H3;2*1H. The van der Waals surface area contributed by atoms with E-state index in [2.05, 4.69) is 10.3 Å². The maximum atomic E-state index is 12.3. The second-order valence-corrected chi connectivity index (χ2v) is 7.33. The van der Waals surface area contributed by atoms with Gasteiger partial charge in [0.05, 0.1) is 6.54 Å². The van der Waals surface area contributed by atoms with Crippen molar-refractivity contribution in [1.29, 1.82) is 0 Å². The highest BCUT2D eigenvalue weighted by Crippen LogP contribution is 2.40. The van der Waals surface area contributed by atoms with Gasteiger partial charge in [0.2, 0.25) is 11.8 Å². The van der Waals surface area contributed by atoms with Crippen molar-refractivity contribution >= 4 is 36.6 Å². The molecule has 2 amide bonds. The van der Waals surface area contributed by atoms with Crippen molar-refractivity contribution in [3.8, 4) is 0 Å². The molecule has 1 N–H and O–H groups in total. The molecule has 2 aliphatic heterocycles. The number of aromatic nitrogens is 1. The van der Waals surface area contributed by atoms with Gasteiger partial charge in [0.15, 0.2) is 0 Å². The molecule has 1 aromatic heterocycles. The van der Waals surface area contributed by atoms with Crippen LogP contribution in [0.15, 0.2) is 24.5 Å². The predicted molar refractivity (Wildman–Crippen MR) is 110 cm³/mol. The summed E-state index contributed by atoms with van der Waals surface area (Å²) in [5, 5.41) is 2.93. The lowest BCUT2D eigenvalue weighted by molar-refractivity contribution is -0.142. The monoisotopic (exact) mass is 416 g/mol. The number of likely N-dealkylation sites (N-methyl/N-ethyl adjacent to an activating group) is 1. The summed E-state index contributed by atoms with van der Waals surface area (Å²) >= 11 is 0. The molecular formula is C19H30Cl2N4O2. The summed E-state index contributed by atoms with van der Waals surface area (Å²) in [4.78, 5) is 32.4. The fraction of sp³-hybridized carbons (Fsp3) is 0.632. The first kappa shape index (κ1) is 23.7. The van der Waals surface area contributed by atoms with Crippen LogP contribution >= 0.6 is 24.8 Å². The molecule has 8 heteroatoms. The SMILES string of the molecule is CNCC(=O)N1CCC2(CCC(=O)N(CCc3ccncc3)C2)CC1.Cl.Cl. The fourth-order valence-electron chi connectivity index (χ4n) is 4.02. The highest BCUT2D eigenvalue weighted by molar-refractivity contribution is 5.85. The fourth-order valence-corrected chi connectivity index (χ4v) is 4.02. The van der Waals surface area contributed by atoms with E-state index in [0.29, 0.717) is 13.0 Å². The Kier molecular flexibility index (Phi) is 9.50. The molecule has 0 bridgehead atoms. The summed E-state index contributed by atoms with van der Waals surface area (Å²) in [5.41, 5.74) is 1.41. The average Bonchev–Trinajstić information content (AvgIpc) is 2.64. The van der Waals surface area contributed by atoms with Crippen LogP contribution in [0.25, 0.3) is 0 Å². The largest absolute Gasteiger partial charge is 0.342 e. The molecule has 27 heavy (non-hydrogen) atoms. The van der Waals surface area contributed by atoms with Crippen LogP contribution in [-0.2, 0) is 16.0 Å². The predicted octanol–water partition coefficient (Wildman–Crippen LogP) is 1.92. The highest BCUT2D eigenvalue weighted by Gasteiger charge is 2.41. The number of pyridine rings is 1. The molecule has 0 unspecified atom stereocenters. The van der Waals surface area contributed by atoms with Gasteiger partial charge in [-0.15, -0.1) is 24.8 Å². The molecule has 152 valence electrons. The van der Waals surface area contributed by atoms with E-state index in [0.717, 1.165) is 51.9 Å². The molecule has 2 aliphatic rings. The van der Waals surface area contributed by atoms with Gasteiger partial charge in [0.1, 0.15) is 0 Å². The zero-order valence-electron chi connectivity index (χ0n) is 15.9. The van der Waals surface area contributed by atoms with Gasteiger partial charge in [-0.05, 0) is 55.8 Å². The van der Waals surface area contributed by atoms with E-state index >= 15 is 0 Å². The Bertz CT molecular complexity index is 607. The van der Waals surface area contributed by atoms with Crippen molar-refractivity contribution in [3.63, 3.8) is 0 Å². The Morgan fingerprint density at radius 1 is 1.19 bits per heavy atom. The van der Waals surface area contributed by atoms with E-state index in [1.54, 1.807) is 19.4 Å². The third-order valence-electron chi connectivity index (χ3n) is 5.67. The Labute approximate surface area is 173 Å². The molecule has 0 aromatic carbocycles.